The number of rotatable bonds is 8. The molecule has 1 aliphatic heterocycles. The summed E-state index contributed by atoms with van der Waals surface area (Å²) in [5.41, 5.74) is 2.37. The van der Waals surface area contributed by atoms with Crippen LogP contribution in [-0.2, 0) is 4.74 Å². The van der Waals surface area contributed by atoms with Gasteiger partial charge in [-0.25, -0.2) is 0 Å². The van der Waals surface area contributed by atoms with Crippen LogP contribution in [0.15, 0.2) is 59.9 Å². The molecule has 2 aromatic rings. The summed E-state index contributed by atoms with van der Waals surface area (Å²) in [4.78, 5) is 28.6. The lowest BCUT2D eigenvalue weighted by molar-refractivity contribution is 0.0496. The number of ether oxygens (including phenoxy) is 2. The Labute approximate surface area is 182 Å². The summed E-state index contributed by atoms with van der Waals surface area (Å²) in [5.74, 6) is 0.493. The maximum absolute atomic E-state index is 13.3. The molecule has 0 atom stereocenters. The summed E-state index contributed by atoms with van der Waals surface area (Å²) in [7, 11) is 0. The molecule has 1 aliphatic carbocycles. The molecule has 1 N–H and O–H groups in total. The zero-order valence-corrected chi connectivity index (χ0v) is 17.9. The fraction of sp³-hybridized carbons (Fsp3) is 0.360. The average Bonchev–Trinajstić information content (AvgIpc) is 2.82. The van der Waals surface area contributed by atoms with Crippen LogP contribution >= 0.6 is 0 Å². The van der Waals surface area contributed by atoms with Crippen molar-refractivity contribution in [2.45, 2.75) is 26.2 Å². The summed E-state index contributed by atoms with van der Waals surface area (Å²) in [6.07, 6.45) is 3.33. The Morgan fingerprint density at radius 2 is 1.61 bits per heavy atom. The molecule has 6 nitrogen and oxygen atoms in total. The topological polar surface area (TPSA) is 67.9 Å². The minimum Gasteiger partial charge on any atom is -0.494 e. The highest BCUT2D eigenvalue weighted by molar-refractivity contribution is 6.27. The van der Waals surface area contributed by atoms with Crippen LogP contribution < -0.4 is 10.1 Å². The third kappa shape index (κ3) is 4.64. The normalized spacial score (nSPS) is 16.4. The number of ketones is 2. The third-order valence-corrected chi connectivity index (χ3v) is 5.56. The third-order valence-electron chi connectivity index (χ3n) is 5.56. The van der Waals surface area contributed by atoms with Gasteiger partial charge in [0.25, 0.3) is 0 Å². The van der Waals surface area contributed by atoms with Gasteiger partial charge in [-0.2, -0.15) is 0 Å². The van der Waals surface area contributed by atoms with Gasteiger partial charge in [-0.15, -0.1) is 0 Å². The first-order valence-corrected chi connectivity index (χ1v) is 10.9. The second-order valence-corrected chi connectivity index (χ2v) is 7.73. The number of morpholine rings is 1. The van der Waals surface area contributed by atoms with Crippen molar-refractivity contribution in [1.29, 1.82) is 0 Å². The second kappa shape index (κ2) is 9.79. The van der Waals surface area contributed by atoms with E-state index in [0.29, 0.717) is 55.4 Å². The van der Waals surface area contributed by atoms with Crippen molar-refractivity contribution in [2.75, 3.05) is 38.2 Å². The SMILES string of the molecule is CCCCCOc1ccc(NC2=C(N3CCOCC3)C(=O)c3ccccc3C2=O)cc1. The number of nitrogens with one attached hydrogen (secondary N) is 1. The number of carbonyl (C=O) groups is 2. The summed E-state index contributed by atoms with van der Waals surface area (Å²) in [6.45, 7) is 5.07. The van der Waals surface area contributed by atoms with Crippen molar-refractivity contribution in [3.05, 3.63) is 71.1 Å². The molecule has 0 amide bonds. The lowest BCUT2D eigenvalue weighted by atomic mass is 9.89. The van der Waals surface area contributed by atoms with Crippen LogP contribution in [0.4, 0.5) is 5.69 Å². The van der Waals surface area contributed by atoms with E-state index in [2.05, 4.69) is 12.2 Å². The van der Waals surface area contributed by atoms with Gasteiger partial charge in [0, 0.05) is 29.9 Å². The first-order chi connectivity index (χ1) is 15.2. The van der Waals surface area contributed by atoms with Crippen molar-refractivity contribution in [2.24, 2.45) is 0 Å². The Kier molecular flexibility index (Phi) is 6.67. The molecule has 0 aromatic heterocycles. The Morgan fingerprint density at radius 3 is 2.29 bits per heavy atom. The van der Waals surface area contributed by atoms with Crippen LogP contribution in [0.2, 0.25) is 0 Å². The van der Waals surface area contributed by atoms with Gasteiger partial charge in [0.2, 0.25) is 11.6 Å². The molecule has 31 heavy (non-hydrogen) atoms. The van der Waals surface area contributed by atoms with E-state index in [4.69, 9.17) is 9.47 Å². The van der Waals surface area contributed by atoms with Crippen LogP contribution in [0, 0.1) is 0 Å². The fourth-order valence-corrected chi connectivity index (χ4v) is 3.89. The number of hydrogen-bond donors (Lipinski definition) is 1. The number of allylic oxidation sites excluding steroid dienone is 2. The van der Waals surface area contributed by atoms with Crippen LogP contribution in [-0.4, -0.2) is 49.4 Å². The molecule has 2 aromatic carbocycles. The molecule has 1 fully saturated rings. The highest BCUT2D eigenvalue weighted by Gasteiger charge is 2.35. The van der Waals surface area contributed by atoms with E-state index < -0.39 is 0 Å². The zero-order chi connectivity index (χ0) is 21.6. The number of benzene rings is 2. The van der Waals surface area contributed by atoms with Crippen LogP contribution in [0.1, 0.15) is 46.9 Å². The zero-order valence-electron chi connectivity index (χ0n) is 17.9. The number of carbonyl (C=O) groups excluding carboxylic acids is 2. The van der Waals surface area contributed by atoms with E-state index in [1.54, 1.807) is 24.3 Å². The lowest BCUT2D eigenvalue weighted by Gasteiger charge is -2.34. The monoisotopic (exact) mass is 420 g/mol. The number of anilines is 1. The van der Waals surface area contributed by atoms with Gasteiger partial charge in [-0.05, 0) is 30.7 Å². The number of unbranched alkanes of at least 4 members (excludes halogenated alkanes) is 2. The Hall–Kier alpha value is -3.12. The van der Waals surface area contributed by atoms with Crippen molar-refractivity contribution >= 4 is 17.3 Å². The van der Waals surface area contributed by atoms with E-state index >= 15 is 0 Å². The van der Waals surface area contributed by atoms with Gasteiger partial charge in [0.05, 0.1) is 19.8 Å². The second-order valence-electron chi connectivity index (χ2n) is 7.73. The average molecular weight is 421 g/mol. The molecule has 0 unspecified atom stereocenters. The maximum atomic E-state index is 13.3. The van der Waals surface area contributed by atoms with Gasteiger partial charge in [0.1, 0.15) is 17.1 Å². The van der Waals surface area contributed by atoms with Crippen LogP contribution in [0.3, 0.4) is 0 Å². The number of hydrogen-bond acceptors (Lipinski definition) is 6. The quantitative estimate of drug-likeness (QED) is 0.643. The first kappa shape index (κ1) is 21.1. The van der Waals surface area contributed by atoms with E-state index in [1.165, 1.54) is 0 Å². The molecule has 0 radical (unpaired) electrons. The van der Waals surface area contributed by atoms with Gasteiger partial charge in [-0.3, -0.25) is 9.59 Å². The molecule has 2 aliphatic rings. The molecule has 0 spiro atoms. The number of Topliss-reactive ketones (excluding diaryl/α,β-unsaturated/α-hetero) is 2. The van der Waals surface area contributed by atoms with Crippen LogP contribution in [0.25, 0.3) is 0 Å². The van der Waals surface area contributed by atoms with Crippen LogP contribution in [0.5, 0.6) is 5.75 Å². The largest absolute Gasteiger partial charge is 0.494 e. The van der Waals surface area contributed by atoms with E-state index in [-0.39, 0.29) is 11.6 Å². The maximum Gasteiger partial charge on any atom is 0.212 e. The minimum atomic E-state index is -0.170. The summed E-state index contributed by atoms with van der Waals surface area (Å²) >= 11 is 0. The van der Waals surface area contributed by atoms with E-state index in [1.807, 2.05) is 29.2 Å². The molecular formula is C25H28N2O4. The molecule has 0 saturated carbocycles. The molecule has 1 saturated heterocycles. The number of nitrogens with zero attached hydrogens (tertiary/aromatic N) is 1. The number of fused-ring (bicyclic) bond motifs is 1. The first-order valence-electron chi connectivity index (χ1n) is 10.9. The lowest BCUT2D eigenvalue weighted by Crippen LogP contribution is -2.42. The molecule has 6 heteroatoms. The Balaban J connectivity index is 1.60. The van der Waals surface area contributed by atoms with Gasteiger partial charge >= 0.3 is 0 Å². The molecule has 0 bridgehead atoms. The molecular weight excluding hydrogens is 392 g/mol. The smallest absolute Gasteiger partial charge is 0.212 e. The van der Waals surface area contributed by atoms with Gasteiger partial charge < -0.3 is 19.7 Å². The standard InChI is InChI=1S/C25H28N2O4/c1-2-3-6-15-31-19-11-9-18(10-12-19)26-22-23(27-13-16-30-17-14-27)25(29)21-8-5-4-7-20(21)24(22)28/h4-5,7-12,26H,2-3,6,13-17H2,1H3. The molecule has 4 rings (SSSR count). The Bertz CT molecular complexity index is 975. The Morgan fingerprint density at radius 1 is 0.935 bits per heavy atom. The van der Waals surface area contributed by atoms with E-state index in [0.717, 1.165) is 30.7 Å². The molecule has 1 heterocycles. The summed E-state index contributed by atoms with van der Waals surface area (Å²) < 4.78 is 11.2. The van der Waals surface area contributed by atoms with Crippen molar-refractivity contribution in [3.8, 4) is 5.75 Å². The van der Waals surface area contributed by atoms with Gasteiger partial charge in [0.15, 0.2) is 0 Å². The highest BCUT2D eigenvalue weighted by atomic mass is 16.5. The summed E-state index contributed by atoms with van der Waals surface area (Å²) in [6, 6.07) is 14.5. The summed E-state index contributed by atoms with van der Waals surface area (Å²) in [5, 5.41) is 3.22. The minimum absolute atomic E-state index is 0.129. The predicted molar refractivity (Wildman–Crippen MR) is 120 cm³/mol. The van der Waals surface area contributed by atoms with Crippen molar-refractivity contribution in [3.63, 3.8) is 0 Å². The van der Waals surface area contributed by atoms with Crippen molar-refractivity contribution < 1.29 is 19.1 Å². The highest BCUT2D eigenvalue weighted by Crippen LogP contribution is 2.30. The van der Waals surface area contributed by atoms with Crippen molar-refractivity contribution in [1.82, 2.24) is 4.90 Å². The van der Waals surface area contributed by atoms with Gasteiger partial charge in [-0.1, -0.05) is 44.0 Å². The molecule has 162 valence electrons. The predicted octanol–water partition coefficient (Wildman–Crippen LogP) is 4.29. The van der Waals surface area contributed by atoms with E-state index in [9.17, 15) is 9.59 Å². The fourth-order valence-electron chi connectivity index (χ4n) is 3.89.